The Labute approximate surface area is 412 Å². The Balaban J connectivity index is 0.000000247. The standard InChI is InChI=1S/C19H20N8.C8H5F3O2S.C8H8O2S.C7H6O2S.Eu/c1-3-25(4-2)16-9-7-15(8-10-16)17-22-18(26-13-5-11-20-26)24-19(23-17)27-14-6-12-21-27;9-8(10,11)7(13)4-5(12)6-2-1-3-14-6;1-6(9)5-7(10)8-3-2-4-11-8;8-4-3-6(9)7-2-1-5-10-7;/h5-14H,3-4H2,1-2H3;1-4,12H;2-5,10H,1H3;1-5,9H;. The minimum Gasteiger partial charge on any atom is -0.506 e. The van der Waals surface area contributed by atoms with Crippen LogP contribution in [0.2, 0.25) is 0 Å². The average molecular weight is 1060 g/mol. The van der Waals surface area contributed by atoms with E-state index in [1.807, 2.05) is 47.2 Å². The van der Waals surface area contributed by atoms with Gasteiger partial charge in [-0.3, -0.25) is 14.4 Å². The second kappa shape index (κ2) is 26.2. The summed E-state index contributed by atoms with van der Waals surface area (Å²) in [7, 11) is 0. The van der Waals surface area contributed by atoms with Gasteiger partial charge in [0, 0.05) is 117 Å². The molecule has 1 radical (unpaired) electrons. The molecule has 0 aliphatic heterocycles. The third kappa shape index (κ3) is 16.6. The summed E-state index contributed by atoms with van der Waals surface area (Å²) in [4.78, 5) is 48.4. The summed E-state index contributed by atoms with van der Waals surface area (Å²) in [6.45, 7) is 7.64. The van der Waals surface area contributed by atoms with Gasteiger partial charge in [0.25, 0.3) is 17.7 Å². The van der Waals surface area contributed by atoms with E-state index in [0.29, 0.717) is 28.9 Å². The van der Waals surface area contributed by atoms with Crippen molar-refractivity contribution in [2.24, 2.45) is 0 Å². The number of hydrogen-bond donors (Lipinski definition) is 3. The minimum absolute atomic E-state index is 0. The Bertz CT molecular complexity index is 2470. The fourth-order valence-corrected chi connectivity index (χ4v) is 6.76. The van der Waals surface area contributed by atoms with E-state index >= 15 is 0 Å². The number of aromatic nitrogens is 7. The van der Waals surface area contributed by atoms with Gasteiger partial charge in [-0.1, -0.05) is 18.2 Å². The maximum atomic E-state index is 11.7. The summed E-state index contributed by atoms with van der Waals surface area (Å²) < 4.78 is 38.5. The van der Waals surface area contributed by atoms with Gasteiger partial charge in [-0.15, -0.1) is 34.0 Å². The Hall–Kier alpha value is -5.45. The van der Waals surface area contributed by atoms with Crippen molar-refractivity contribution in [1.82, 2.24) is 34.5 Å². The molecule has 3 N–H and O–H groups in total. The van der Waals surface area contributed by atoms with Crippen LogP contribution in [0.4, 0.5) is 18.9 Å². The molecule has 7 rings (SSSR count). The molecule has 7 aromatic rings. The molecule has 21 heteroatoms. The molecule has 6 heterocycles. The van der Waals surface area contributed by atoms with E-state index in [0.717, 1.165) is 40.9 Å². The molecular weight excluding hydrogens is 1020 g/mol. The number of rotatable bonds is 12. The van der Waals surface area contributed by atoms with E-state index in [4.69, 9.17) is 10.2 Å². The zero-order valence-electron chi connectivity index (χ0n) is 33.6. The molecule has 0 aliphatic rings. The predicted molar refractivity (Wildman–Crippen MR) is 236 cm³/mol. The number of allylic oxidation sites excluding steroid dienone is 3. The zero-order chi connectivity index (χ0) is 45.1. The SMILES string of the molecule is CC(=O)C=C(O)c1cccs1.CCN(CC)c1ccc(-c2nc(-n3cccn3)nc(-n3cccn3)n2)cc1.O=C(C=C(O)c1cccs1)C(F)(F)F.O=CC=C(O)c1cccs1.[Eu]. The van der Waals surface area contributed by atoms with Gasteiger partial charge in [-0.25, -0.2) is 9.36 Å². The van der Waals surface area contributed by atoms with E-state index in [-0.39, 0.29) is 77.6 Å². The minimum atomic E-state index is -4.94. The maximum Gasteiger partial charge on any atom is 0.454 e. The van der Waals surface area contributed by atoms with Crippen molar-refractivity contribution in [3.05, 3.63) is 147 Å². The van der Waals surface area contributed by atoms with E-state index in [2.05, 4.69) is 56.0 Å². The number of halogens is 3. The number of aldehydes is 1. The van der Waals surface area contributed by atoms with Crippen LogP contribution >= 0.6 is 34.0 Å². The number of aliphatic hydroxyl groups excluding tert-OH is 3. The van der Waals surface area contributed by atoms with Crippen LogP contribution in [0.3, 0.4) is 0 Å². The summed E-state index contributed by atoms with van der Waals surface area (Å²) in [5.74, 6) is -1.32. The second-order valence-electron chi connectivity index (χ2n) is 12.0. The largest absolute Gasteiger partial charge is 0.506 e. The number of nitrogens with zero attached hydrogens (tertiary/aromatic N) is 8. The van der Waals surface area contributed by atoms with Crippen LogP contribution < -0.4 is 4.90 Å². The van der Waals surface area contributed by atoms with Gasteiger partial charge in [-0.05, 0) is 91.5 Å². The van der Waals surface area contributed by atoms with E-state index in [1.165, 1.54) is 47.4 Å². The molecule has 0 unspecified atom stereocenters. The van der Waals surface area contributed by atoms with Crippen LogP contribution in [-0.4, -0.2) is 87.0 Å². The number of thiophene rings is 3. The Morgan fingerprint density at radius 3 is 1.52 bits per heavy atom. The number of hydrogen-bond acceptors (Lipinski definition) is 15. The molecule has 0 spiro atoms. The fraction of sp³-hybridized carbons (Fsp3) is 0.143. The summed E-state index contributed by atoms with van der Waals surface area (Å²) >= 11 is 3.84. The van der Waals surface area contributed by atoms with Crippen molar-refractivity contribution in [3.8, 4) is 23.3 Å². The van der Waals surface area contributed by atoms with Crippen molar-refractivity contribution in [2.75, 3.05) is 18.0 Å². The van der Waals surface area contributed by atoms with Gasteiger partial charge in [0.05, 0.1) is 14.6 Å². The first-order valence-electron chi connectivity index (χ1n) is 18.2. The summed E-state index contributed by atoms with van der Waals surface area (Å²) in [6, 6.07) is 22.0. The van der Waals surface area contributed by atoms with E-state index < -0.39 is 17.7 Å². The van der Waals surface area contributed by atoms with Crippen molar-refractivity contribution in [3.63, 3.8) is 0 Å². The third-order valence-electron chi connectivity index (χ3n) is 7.72. The maximum absolute atomic E-state index is 11.7. The van der Waals surface area contributed by atoms with Crippen LogP contribution in [0.15, 0.2) is 132 Å². The predicted octanol–water partition coefficient (Wildman–Crippen LogP) is 9.62. The Morgan fingerprint density at radius 2 is 1.16 bits per heavy atom. The normalized spacial score (nSPS) is 11.4. The summed E-state index contributed by atoms with van der Waals surface area (Å²) in [5, 5.41) is 41.1. The topological polar surface area (TPSA) is 189 Å². The molecule has 0 atom stereocenters. The molecule has 6 aromatic heterocycles. The van der Waals surface area contributed by atoms with E-state index in [1.54, 1.807) is 57.7 Å². The molecule has 1 aromatic carbocycles. The van der Waals surface area contributed by atoms with Crippen LogP contribution in [0.1, 0.15) is 35.4 Å². The molecule has 329 valence electrons. The smallest absolute Gasteiger partial charge is 0.454 e. The number of benzene rings is 1. The number of alkyl halides is 3. The number of aliphatic hydroxyl groups is 3. The molecule has 63 heavy (non-hydrogen) atoms. The van der Waals surface area contributed by atoms with Crippen LogP contribution in [0, 0.1) is 49.4 Å². The van der Waals surface area contributed by atoms with Crippen molar-refractivity contribution >= 4 is 74.8 Å². The molecule has 0 fully saturated rings. The fourth-order valence-electron chi connectivity index (χ4n) is 4.83. The molecule has 0 bridgehead atoms. The monoisotopic (exact) mass is 1060 g/mol. The van der Waals surface area contributed by atoms with Crippen molar-refractivity contribution in [1.29, 1.82) is 0 Å². The molecule has 0 saturated heterocycles. The first kappa shape index (κ1) is 51.9. The van der Waals surface area contributed by atoms with Crippen molar-refractivity contribution < 1.29 is 92.3 Å². The molecule has 0 amide bonds. The van der Waals surface area contributed by atoms with Crippen molar-refractivity contribution in [2.45, 2.75) is 26.9 Å². The average Bonchev–Trinajstić information content (AvgIpc) is 4.12. The zero-order valence-corrected chi connectivity index (χ0v) is 38.4. The molecule has 0 saturated carbocycles. The molecular formula is C42H39EuF3N8O6S3. The number of carbonyl (C=O) groups excluding carboxylic acids is 3. The van der Waals surface area contributed by atoms with Gasteiger partial charge in [0.2, 0.25) is 0 Å². The first-order valence-corrected chi connectivity index (χ1v) is 20.9. The number of carbonyl (C=O) groups is 3. The van der Waals surface area contributed by atoms with Gasteiger partial charge in [-0.2, -0.15) is 38.3 Å². The van der Waals surface area contributed by atoms with Gasteiger partial charge < -0.3 is 20.2 Å². The quantitative estimate of drug-likeness (QED) is 0.0598. The molecule has 0 aliphatic carbocycles. The summed E-state index contributed by atoms with van der Waals surface area (Å²) in [6.07, 6.45) is 5.13. The Morgan fingerprint density at radius 1 is 0.698 bits per heavy atom. The van der Waals surface area contributed by atoms with Crippen LogP contribution in [0.25, 0.3) is 40.6 Å². The van der Waals surface area contributed by atoms with Crippen LogP contribution in [-0.2, 0) is 14.4 Å². The van der Waals surface area contributed by atoms with Crippen LogP contribution in [0.5, 0.6) is 0 Å². The Kier molecular flexibility index (Phi) is 21.6. The van der Waals surface area contributed by atoms with Gasteiger partial charge in [0.15, 0.2) is 11.6 Å². The number of ketones is 2. The van der Waals surface area contributed by atoms with Gasteiger partial charge in [0.1, 0.15) is 23.6 Å². The summed E-state index contributed by atoms with van der Waals surface area (Å²) in [5.41, 5.74) is 2.09. The third-order valence-corrected chi connectivity index (χ3v) is 10.4. The molecule has 14 nitrogen and oxygen atoms in total. The number of anilines is 1. The van der Waals surface area contributed by atoms with E-state index in [9.17, 15) is 32.7 Å². The van der Waals surface area contributed by atoms with Gasteiger partial charge >= 0.3 is 6.18 Å². The second-order valence-corrected chi connectivity index (χ2v) is 14.9. The first-order chi connectivity index (χ1) is 29.7.